The molecule has 0 aliphatic rings. The van der Waals surface area contributed by atoms with E-state index in [2.05, 4.69) is 24.3 Å². The molecule has 0 radical (unpaired) electrons. The number of rotatable bonds is 7. The van der Waals surface area contributed by atoms with Crippen molar-refractivity contribution in [3.05, 3.63) is 18.0 Å². The molecule has 2 atom stereocenters. The van der Waals surface area contributed by atoms with E-state index in [4.69, 9.17) is 10.8 Å². The number of nitrogens with zero attached hydrogens (tertiary/aromatic N) is 2. The minimum atomic E-state index is 0.101. The van der Waals surface area contributed by atoms with Gasteiger partial charge in [-0.1, -0.05) is 0 Å². The van der Waals surface area contributed by atoms with Crippen LogP contribution in [0.5, 0.6) is 0 Å². The van der Waals surface area contributed by atoms with Gasteiger partial charge in [-0.3, -0.25) is 4.68 Å². The second-order valence-electron chi connectivity index (χ2n) is 4.72. The fourth-order valence-corrected chi connectivity index (χ4v) is 1.74. The molecule has 1 rings (SSSR count). The summed E-state index contributed by atoms with van der Waals surface area (Å²) in [5.41, 5.74) is 6.88. The zero-order valence-corrected chi connectivity index (χ0v) is 10.9. The van der Waals surface area contributed by atoms with Crippen LogP contribution in [0.25, 0.3) is 0 Å². The maximum Gasteiger partial charge on any atom is 0.0538 e. The monoisotopic (exact) mass is 240 g/mol. The van der Waals surface area contributed by atoms with Crippen molar-refractivity contribution in [2.45, 2.75) is 45.3 Å². The van der Waals surface area contributed by atoms with Crippen molar-refractivity contribution >= 4 is 0 Å². The van der Waals surface area contributed by atoms with Crippen LogP contribution in [0.1, 0.15) is 44.8 Å². The molecule has 17 heavy (non-hydrogen) atoms. The second kappa shape index (κ2) is 6.74. The summed E-state index contributed by atoms with van der Waals surface area (Å²) < 4.78 is 1.93. The molecule has 0 spiro atoms. The van der Waals surface area contributed by atoms with Gasteiger partial charge in [-0.2, -0.15) is 5.10 Å². The summed E-state index contributed by atoms with van der Waals surface area (Å²) in [5.74, 6) is 0. The third-order valence-corrected chi connectivity index (χ3v) is 2.84. The van der Waals surface area contributed by atoms with E-state index in [1.807, 2.05) is 24.0 Å². The second-order valence-corrected chi connectivity index (χ2v) is 4.72. The first-order valence-electron chi connectivity index (χ1n) is 6.19. The molecule has 0 bridgehead atoms. The normalized spacial score (nSPS) is 15.2. The highest BCUT2D eigenvalue weighted by atomic mass is 16.3. The van der Waals surface area contributed by atoms with Crippen LogP contribution in [-0.4, -0.2) is 34.1 Å². The Morgan fingerprint density at radius 3 is 2.65 bits per heavy atom. The summed E-state index contributed by atoms with van der Waals surface area (Å²) in [4.78, 5) is 0. The van der Waals surface area contributed by atoms with Crippen molar-refractivity contribution in [2.24, 2.45) is 5.73 Å². The molecular formula is C12H24N4O. The molecule has 0 amide bonds. The van der Waals surface area contributed by atoms with Gasteiger partial charge in [0.1, 0.15) is 0 Å². The number of aliphatic hydroxyl groups is 1. The zero-order valence-electron chi connectivity index (χ0n) is 10.9. The lowest BCUT2D eigenvalue weighted by Crippen LogP contribution is -2.35. The SMILES string of the molecule is CC(CCO)NC(CN)c1cnn(C(C)C)c1. The van der Waals surface area contributed by atoms with Crippen LogP contribution in [0, 0.1) is 0 Å². The molecule has 0 fully saturated rings. The number of nitrogens with one attached hydrogen (secondary N) is 1. The predicted octanol–water partition coefficient (Wildman–Crippen LogP) is 0.824. The van der Waals surface area contributed by atoms with Crippen LogP contribution in [0.2, 0.25) is 0 Å². The van der Waals surface area contributed by atoms with E-state index in [1.54, 1.807) is 0 Å². The van der Waals surface area contributed by atoms with Gasteiger partial charge in [-0.15, -0.1) is 0 Å². The molecule has 1 heterocycles. The van der Waals surface area contributed by atoms with Crippen LogP contribution >= 0.6 is 0 Å². The highest BCUT2D eigenvalue weighted by molar-refractivity contribution is 5.11. The summed E-state index contributed by atoms with van der Waals surface area (Å²) in [6.07, 6.45) is 4.62. The third kappa shape index (κ3) is 4.11. The van der Waals surface area contributed by atoms with Gasteiger partial charge in [0.2, 0.25) is 0 Å². The van der Waals surface area contributed by atoms with Crippen molar-refractivity contribution in [3.63, 3.8) is 0 Å². The Balaban J connectivity index is 2.65. The van der Waals surface area contributed by atoms with Crippen molar-refractivity contribution in [1.29, 1.82) is 0 Å². The van der Waals surface area contributed by atoms with Gasteiger partial charge in [0, 0.05) is 43.0 Å². The number of nitrogens with two attached hydrogens (primary N) is 1. The molecule has 0 saturated carbocycles. The quantitative estimate of drug-likeness (QED) is 0.659. The van der Waals surface area contributed by atoms with Gasteiger partial charge in [0.05, 0.1) is 6.20 Å². The van der Waals surface area contributed by atoms with Crippen molar-refractivity contribution in [2.75, 3.05) is 13.2 Å². The van der Waals surface area contributed by atoms with Gasteiger partial charge < -0.3 is 16.2 Å². The van der Waals surface area contributed by atoms with Crippen molar-refractivity contribution < 1.29 is 5.11 Å². The van der Waals surface area contributed by atoms with Crippen LogP contribution in [0.3, 0.4) is 0 Å². The standard InChI is InChI=1S/C12H24N4O/c1-9(2)16-8-11(7-14-16)12(6-13)15-10(3)4-5-17/h7-10,12,15,17H,4-6,13H2,1-3H3. The lowest BCUT2D eigenvalue weighted by Gasteiger charge is -2.20. The maximum atomic E-state index is 8.88. The average molecular weight is 240 g/mol. The van der Waals surface area contributed by atoms with E-state index in [0.29, 0.717) is 12.6 Å². The maximum absolute atomic E-state index is 8.88. The topological polar surface area (TPSA) is 76.1 Å². The van der Waals surface area contributed by atoms with Crippen LogP contribution in [0.15, 0.2) is 12.4 Å². The first-order valence-corrected chi connectivity index (χ1v) is 6.19. The van der Waals surface area contributed by atoms with Crippen LogP contribution in [0.4, 0.5) is 0 Å². The van der Waals surface area contributed by atoms with E-state index in [-0.39, 0.29) is 18.7 Å². The minimum Gasteiger partial charge on any atom is -0.396 e. The summed E-state index contributed by atoms with van der Waals surface area (Å²) >= 11 is 0. The molecule has 4 N–H and O–H groups in total. The number of hydrogen-bond donors (Lipinski definition) is 3. The van der Waals surface area contributed by atoms with E-state index >= 15 is 0 Å². The Bertz CT molecular complexity index is 324. The molecule has 5 heteroatoms. The molecule has 2 unspecified atom stereocenters. The smallest absolute Gasteiger partial charge is 0.0538 e. The Hall–Kier alpha value is -0.910. The Morgan fingerprint density at radius 2 is 2.18 bits per heavy atom. The summed E-state index contributed by atoms with van der Waals surface area (Å²) in [7, 11) is 0. The van der Waals surface area contributed by atoms with E-state index in [1.165, 1.54) is 0 Å². The molecule has 0 aliphatic heterocycles. The zero-order chi connectivity index (χ0) is 12.8. The fourth-order valence-electron chi connectivity index (χ4n) is 1.74. The number of aromatic nitrogens is 2. The molecule has 0 aliphatic carbocycles. The summed E-state index contributed by atoms with van der Waals surface area (Å²) in [5, 5.41) is 16.6. The van der Waals surface area contributed by atoms with Crippen LogP contribution < -0.4 is 11.1 Å². The van der Waals surface area contributed by atoms with E-state index in [0.717, 1.165) is 12.0 Å². The highest BCUT2D eigenvalue weighted by Gasteiger charge is 2.14. The summed E-state index contributed by atoms with van der Waals surface area (Å²) in [6.45, 7) is 6.95. The largest absolute Gasteiger partial charge is 0.396 e. The average Bonchev–Trinajstić information content (AvgIpc) is 2.75. The fraction of sp³-hybridized carbons (Fsp3) is 0.750. The molecule has 0 saturated heterocycles. The van der Waals surface area contributed by atoms with Crippen LogP contribution in [-0.2, 0) is 0 Å². The van der Waals surface area contributed by atoms with Gasteiger partial charge >= 0.3 is 0 Å². The first-order chi connectivity index (χ1) is 8.08. The minimum absolute atomic E-state index is 0.101. The van der Waals surface area contributed by atoms with E-state index in [9.17, 15) is 0 Å². The van der Waals surface area contributed by atoms with E-state index < -0.39 is 0 Å². The van der Waals surface area contributed by atoms with Gasteiger partial charge in [0.25, 0.3) is 0 Å². The lowest BCUT2D eigenvalue weighted by molar-refractivity contribution is 0.263. The predicted molar refractivity (Wildman–Crippen MR) is 68.7 cm³/mol. The van der Waals surface area contributed by atoms with Crippen molar-refractivity contribution in [1.82, 2.24) is 15.1 Å². The Labute approximate surface area is 103 Å². The molecule has 1 aromatic heterocycles. The Morgan fingerprint density at radius 1 is 1.47 bits per heavy atom. The molecule has 5 nitrogen and oxygen atoms in total. The molecule has 98 valence electrons. The summed E-state index contributed by atoms with van der Waals surface area (Å²) in [6, 6.07) is 0.706. The van der Waals surface area contributed by atoms with Crippen molar-refractivity contribution in [3.8, 4) is 0 Å². The third-order valence-electron chi connectivity index (χ3n) is 2.84. The van der Waals surface area contributed by atoms with Gasteiger partial charge in [-0.25, -0.2) is 0 Å². The molecular weight excluding hydrogens is 216 g/mol. The van der Waals surface area contributed by atoms with Gasteiger partial charge in [0.15, 0.2) is 0 Å². The molecule has 1 aromatic rings. The molecule has 0 aromatic carbocycles. The Kier molecular flexibility index (Phi) is 5.61. The first kappa shape index (κ1) is 14.2. The number of hydrogen-bond acceptors (Lipinski definition) is 4. The number of aliphatic hydroxyl groups excluding tert-OH is 1. The lowest BCUT2D eigenvalue weighted by atomic mass is 10.1. The van der Waals surface area contributed by atoms with Gasteiger partial charge in [-0.05, 0) is 27.2 Å². The highest BCUT2D eigenvalue weighted by Crippen LogP contribution is 2.14.